The molecule has 5 heteroatoms. The maximum atomic E-state index is 11.8. The minimum Gasteiger partial charge on any atom is -0.493 e. The van der Waals surface area contributed by atoms with Crippen LogP contribution in [-0.2, 0) is 16.0 Å². The van der Waals surface area contributed by atoms with Crippen LogP contribution in [0.1, 0.15) is 24.8 Å². The Morgan fingerprint density at radius 1 is 1.42 bits per heavy atom. The summed E-state index contributed by atoms with van der Waals surface area (Å²) in [5.74, 6) is -0.101. The molecule has 1 aromatic carbocycles. The van der Waals surface area contributed by atoms with Crippen LogP contribution in [0.3, 0.4) is 0 Å². The summed E-state index contributed by atoms with van der Waals surface area (Å²) in [5, 5.41) is 8.62. The number of nitrogens with zero attached hydrogens (tertiary/aromatic N) is 1. The molecular formula is C14H17NO4. The topological polar surface area (TPSA) is 66.8 Å². The summed E-state index contributed by atoms with van der Waals surface area (Å²) in [7, 11) is 1.76. The molecule has 0 aromatic heterocycles. The second kappa shape index (κ2) is 5.73. The van der Waals surface area contributed by atoms with Crippen LogP contribution in [0.2, 0.25) is 0 Å². The van der Waals surface area contributed by atoms with Crippen molar-refractivity contribution in [1.82, 2.24) is 0 Å². The van der Waals surface area contributed by atoms with Gasteiger partial charge in [0.15, 0.2) is 0 Å². The molecule has 0 saturated carbocycles. The fraction of sp³-hybridized carbons (Fsp3) is 0.429. The van der Waals surface area contributed by atoms with Gasteiger partial charge in [-0.3, -0.25) is 9.59 Å². The van der Waals surface area contributed by atoms with Gasteiger partial charge in [0.25, 0.3) is 0 Å². The van der Waals surface area contributed by atoms with Gasteiger partial charge in [0, 0.05) is 19.0 Å². The summed E-state index contributed by atoms with van der Waals surface area (Å²) in [6.07, 6.45) is 2.06. The lowest BCUT2D eigenvalue weighted by atomic mass is 10.1. The first kappa shape index (κ1) is 13.4. The summed E-state index contributed by atoms with van der Waals surface area (Å²) in [4.78, 5) is 23.9. The van der Waals surface area contributed by atoms with E-state index in [1.54, 1.807) is 11.9 Å². The minimum absolute atomic E-state index is 0.0293. The molecule has 0 spiro atoms. The zero-order valence-electron chi connectivity index (χ0n) is 10.9. The number of hydrogen-bond donors (Lipinski definition) is 1. The van der Waals surface area contributed by atoms with Crippen LogP contribution in [0.5, 0.6) is 5.75 Å². The number of amides is 1. The number of benzene rings is 1. The first-order chi connectivity index (χ1) is 9.09. The van der Waals surface area contributed by atoms with Crippen molar-refractivity contribution in [3.05, 3.63) is 23.8 Å². The third kappa shape index (κ3) is 3.05. The number of fused-ring (bicyclic) bond motifs is 1. The molecule has 102 valence electrons. The Hall–Kier alpha value is -2.04. The van der Waals surface area contributed by atoms with Gasteiger partial charge in [-0.1, -0.05) is 6.07 Å². The highest BCUT2D eigenvalue weighted by Gasteiger charge is 2.21. The number of aliphatic carboxylic acids is 1. The number of carbonyl (C=O) groups excluding carboxylic acids is 1. The number of carbonyl (C=O) groups is 2. The maximum Gasteiger partial charge on any atom is 0.306 e. The highest BCUT2D eigenvalue weighted by atomic mass is 16.5. The van der Waals surface area contributed by atoms with Crippen LogP contribution in [0, 0.1) is 0 Å². The monoisotopic (exact) mass is 263 g/mol. The van der Waals surface area contributed by atoms with Gasteiger partial charge in [0.05, 0.1) is 18.7 Å². The number of carboxylic acids is 1. The van der Waals surface area contributed by atoms with Crippen molar-refractivity contribution < 1.29 is 19.4 Å². The van der Waals surface area contributed by atoms with Crippen LogP contribution in [-0.4, -0.2) is 30.6 Å². The molecular weight excluding hydrogens is 246 g/mol. The summed E-state index contributed by atoms with van der Waals surface area (Å²) < 4.78 is 5.54. The first-order valence-electron chi connectivity index (χ1n) is 6.32. The molecule has 1 aliphatic heterocycles. The van der Waals surface area contributed by atoms with Gasteiger partial charge in [-0.05, 0) is 25.0 Å². The zero-order chi connectivity index (χ0) is 13.8. The third-order valence-electron chi connectivity index (χ3n) is 3.23. The molecule has 5 nitrogen and oxygen atoms in total. The highest BCUT2D eigenvalue weighted by Crippen LogP contribution is 2.33. The van der Waals surface area contributed by atoms with E-state index in [0.29, 0.717) is 12.2 Å². The zero-order valence-corrected chi connectivity index (χ0v) is 10.9. The Bertz CT molecular complexity index is 498. The average molecular weight is 263 g/mol. The Balaban J connectivity index is 2.22. The molecule has 1 N–H and O–H groups in total. The first-order valence-corrected chi connectivity index (χ1v) is 6.32. The summed E-state index contributed by atoms with van der Waals surface area (Å²) >= 11 is 0. The lowest BCUT2D eigenvalue weighted by molar-refractivity contribution is -0.137. The molecule has 1 aliphatic rings. The second-order valence-corrected chi connectivity index (χ2v) is 4.55. The number of carboxylic acid groups (broad SMARTS) is 1. The van der Waals surface area contributed by atoms with E-state index in [9.17, 15) is 9.59 Å². The van der Waals surface area contributed by atoms with Crippen molar-refractivity contribution >= 4 is 17.6 Å². The van der Waals surface area contributed by atoms with E-state index in [1.165, 1.54) is 0 Å². The largest absolute Gasteiger partial charge is 0.493 e. The van der Waals surface area contributed by atoms with E-state index in [0.717, 1.165) is 24.1 Å². The predicted molar refractivity (Wildman–Crippen MR) is 70.5 cm³/mol. The second-order valence-electron chi connectivity index (χ2n) is 4.55. The summed E-state index contributed by atoms with van der Waals surface area (Å²) in [6, 6.07) is 5.54. The summed E-state index contributed by atoms with van der Waals surface area (Å²) in [5.41, 5.74) is 1.84. The maximum absolute atomic E-state index is 11.8. The van der Waals surface area contributed by atoms with Crippen LogP contribution in [0.25, 0.3) is 0 Å². The summed E-state index contributed by atoms with van der Waals surface area (Å²) in [6.45, 7) is 0.142. The van der Waals surface area contributed by atoms with Crippen LogP contribution in [0.4, 0.5) is 5.69 Å². The number of rotatable bonds is 4. The molecule has 0 unspecified atom stereocenters. The molecule has 2 rings (SSSR count). The van der Waals surface area contributed by atoms with Crippen molar-refractivity contribution in [2.45, 2.75) is 25.7 Å². The number of hydrogen-bond acceptors (Lipinski definition) is 3. The van der Waals surface area contributed by atoms with E-state index in [4.69, 9.17) is 9.84 Å². The minimum atomic E-state index is -0.880. The molecule has 0 radical (unpaired) electrons. The number of anilines is 1. The molecule has 0 bridgehead atoms. The molecule has 0 fully saturated rings. The van der Waals surface area contributed by atoms with Crippen molar-refractivity contribution in [1.29, 1.82) is 0 Å². The van der Waals surface area contributed by atoms with E-state index < -0.39 is 5.97 Å². The van der Waals surface area contributed by atoms with Gasteiger partial charge in [0.2, 0.25) is 5.91 Å². The smallest absolute Gasteiger partial charge is 0.306 e. The molecule has 1 heterocycles. The fourth-order valence-electron chi connectivity index (χ4n) is 2.22. The molecule has 1 aromatic rings. The van der Waals surface area contributed by atoms with E-state index >= 15 is 0 Å². The Morgan fingerprint density at radius 3 is 2.95 bits per heavy atom. The Morgan fingerprint density at radius 2 is 2.21 bits per heavy atom. The molecule has 1 amide bonds. The van der Waals surface area contributed by atoms with Crippen molar-refractivity contribution in [2.24, 2.45) is 0 Å². The SMILES string of the molecule is CN1C(=O)CCCc2c(OCCC(=O)O)cccc21. The highest BCUT2D eigenvalue weighted by molar-refractivity contribution is 5.94. The van der Waals surface area contributed by atoms with Gasteiger partial charge in [-0.2, -0.15) is 0 Å². The van der Waals surface area contributed by atoms with Gasteiger partial charge in [-0.15, -0.1) is 0 Å². The van der Waals surface area contributed by atoms with Crippen LogP contribution < -0.4 is 9.64 Å². The standard InChI is InChI=1S/C14H17NO4/c1-15-11-5-3-6-12(19-9-8-14(17)18)10(11)4-2-7-13(15)16/h3,5-6H,2,4,7-9H2,1H3,(H,17,18). The van der Waals surface area contributed by atoms with Crippen LogP contribution >= 0.6 is 0 Å². The van der Waals surface area contributed by atoms with Crippen LogP contribution in [0.15, 0.2) is 18.2 Å². The quantitative estimate of drug-likeness (QED) is 0.900. The predicted octanol–water partition coefficient (Wildman–Crippen LogP) is 1.84. The molecule has 19 heavy (non-hydrogen) atoms. The van der Waals surface area contributed by atoms with E-state index in [2.05, 4.69) is 0 Å². The van der Waals surface area contributed by atoms with E-state index in [-0.39, 0.29) is 18.9 Å². The Kier molecular flexibility index (Phi) is 4.04. The normalized spacial score (nSPS) is 14.8. The number of ether oxygens (including phenoxy) is 1. The fourth-order valence-corrected chi connectivity index (χ4v) is 2.22. The van der Waals surface area contributed by atoms with Crippen molar-refractivity contribution in [3.8, 4) is 5.75 Å². The third-order valence-corrected chi connectivity index (χ3v) is 3.23. The van der Waals surface area contributed by atoms with Gasteiger partial charge in [-0.25, -0.2) is 0 Å². The molecule has 0 saturated heterocycles. The van der Waals surface area contributed by atoms with Crippen molar-refractivity contribution in [3.63, 3.8) is 0 Å². The average Bonchev–Trinajstić information content (AvgIpc) is 2.51. The lowest BCUT2D eigenvalue weighted by Gasteiger charge is -2.19. The Labute approximate surface area is 111 Å². The lowest BCUT2D eigenvalue weighted by Crippen LogP contribution is -2.25. The molecule has 0 aliphatic carbocycles. The van der Waals surface area contributed by atoms with Gasteiger partial charge in [0.1, 0.15) is 5.75 Å². The van der Waals surface area contributed by atoms with E-state index in [1.807, 2.05) is 18.2 Å². The van der Waals surface area contributed by atoms with Gasteiger partial charge >= 0.3 is 5.97 Å². The molecule has 0 atom stereocenters. The van der Waals surface area contributed by atoms with Crippen molar-refractivity contribution in [2.75, 3.05) is 18.6 Å². The van der Waals surface area contributed by atoms with Gasteiger partial charge < -0.3 is 14.7 Å².